The van der Waals surface area contributed by atoms with Gasteiger partial charge in [0.15, 0.2) is 5.60 Å². The highest BCUT2D eigenvalue weighted by atomic mass is 16.7. The van der Waals surface area contributed by atoms with Crippen LogP contribution in [0.4, 0.5) is 0 Å². The third kappa shape index (κ3) is 2.31. The molecule has 0 bridgehead atoms. The summed E-state index contributed by atoms with van der Waals surface area (Å²) in [6.45, 7) is 2.72. The molecular formula is C8H12N2O5. The molecule has 84 valence electrons. The third-order valence-electron chi connectivity index (χ3n) is 1.97. The molecule has 1 aliphatic rings. The molecule has 0 aromatic carbocycles. The lowest BCUT2D eigenvalue weighted by atomic mass is 10.1. The fourth-order valence-electron chi connectivity index (χ4n) is 0.899. The van der Waals surface area contributed by atoms with Gasteiger partial charge in [0.25, 0.3) is 11.8 Å². The minimum atomic E-state index is -1.40. The maximum atomic E-state index is 11.4. The molecule has 1 saturated heterocycles. The lowest BCUT2D eigenvalue weighted by Crippen LogP contribution is -2.44. The van der Waals surface area contributed by atoms with Crippen LogP contribution in [0.2, 0.25) is 0 Å². The van der Waals surface area contributed by atoms with Gasteiger partial charge in [-0.25, -0.2) is 10.7 Å². The van der Waals surface area contributed by atoms with E-state index in [1.165, 1.54) is 13.8 Å². The maximum absolute atomic E-state index is 11.4. The van der Waals surface area contributed by atoms with Crippen molar-refractivity contribution in [3.63, 3.8) is 0 Å². The lowest BCUT2D eigenvalue weighted by Gasteiger charge is -2.21. The number of imide groups is 1. The minimum absolute atomic E-state index is 0.0516. The van der Waals surface area contributed by atoms with Crippen molar-refractivity contribution in [1.82, 2.24) is 5.06 Å². The minimum Gasteiger partial charge on any atom is -0.327 e. The Labute approximate surface area is 86.0 Å². The first-order valence-corrected chi connectivity index (χ1v) is 4.34. The molecule has 0 saturated carbocycles. The number of nitrogens with two attached hydrogens (primary N) is 1. The summed E-state index contributed by atoms with van der Waals surface area (Å²) < 4.78 is 0. The van der Waals surface area contributed by atoms with E-state index in [9.17, 15) is 14.4 Å². The number of nitrogens with zero attached hydrogens (tertiary/aromatic N) is 1. The van der Waals surface area contributed by atoms with Gasteiger partial charge in [0, 0.05) is 12.8 Å². The second kappa shape index (κ2) is 3.95. The van der Waals surface area contributed by atoms with Crippen LogP contribution in [0.15, 0.2) is 0 Å². The summed E-state index contributed by atoms with van der Waals surface area (Å²) in [7, 11) is 0. The molecule has 0 atom stereocenters. The summed E-state index contributed by atoms with van der Waals surface area (Å²) in [5.74, 6) is 2.89. The molecule has 2 N–H and O–H groups in total. The third-order valence-corrected chi connectivity index (χ3v) is 1.97. The molecule has 7 heteroatoms. The summed E-state index contributed by atoms with van der Waals surface area (Å²) in [4.78, 5) is 42.5. The average Bonchev–Trinajstić information content (AvgIpc) is 2.49. The second-order valence-electron chi connectivity index (χ2n) is 3.59. The van der Waals surface area contributed by atoms with E-state index in [-0.39, 0.29) is 12.8 Å². The van der Waals surface area contributed by atoms with E-state index < -0.39 is 23.4 Å². The van der Waals surface area contributed by atoms with Gasteiger partial charge in [-0.3, -0.25) is 14.4 Å². The summed E-state index contributed by atoms with van der Waals surface area (Å²) in [5, 5.41) is 0.448. The molecule has 0 aromatic heterocycles. The van der Waals surface area contributed by atoms with Gasteiger partial charge in [0.05, 0.1) is 0 Å². The molecular weight excluding hydrogens is 204 g/mol. The second-order valence-corrected chi connectivity index (χ2v) is 3.59. The molecule has 2 amide bonds. The fourth-order valence-corrected chi connectivity index (χ4v) is 0.899. The Balaban J connectivity index is 2.66. The van der Waals surface area contributed by atoms with Crippen molar-refractivity contribution in [2.24, 2.45) is 5.90 Å². The monoisotopic (exact) mass is 216 g/mol. The van der Waals surface area contributed by atoms with Crippen LogP contribution in [-0.2, 0) is 24.1 Å². The van der Waals surface area contributed by atoms with E-state index >= 15 is 0 Å². The molecule has 1 heterocycles. The maximum Gasteiger partial charge on any atom is 0.366 e. The van der Waals surface area contributed by atoms with Gasteiger partial charge in [-0.05, 0) is 13.8 Å². The molecule has 0 spiro atoms. The van der Waals surface area contributed by atoms with Crippen LogP contribution in [-0.4, -0.2) is 28.4 Å². The zero-order valence-electron chi connectivity index (χ0n) is 8.48. The Morgan fingerprint density at radius 3 is 2.20 bits per heavy atom. The molecule has 0 radical (unpaired) electrons. The SMILES string of the molecule is CC(C)(ON)C(=O)ON1C(=O)CCC1=O. The van der Waals surface area contributed by atoms with E-state index in [0.29, 0.717) is 5.06 Å². The molecule has 1 rings (SSSR count). The first-order valence-electron chi connectivity index (χ1n) is 4.34. The number of hydrogen-bond donors (Lipinski definition) is 1. The molecule has 15 heavy (non-hydrogen) atoms. The van der Waals surface area contributed by atoms with E-state index in [4.69, 9.17) is 5.90 Å². The van der Waals surface area contributed by atoms with Gasteiger partial charge in [-0.2, -0.15) is 0 Å². The van der Waals surface area contributed by atoms with Crippen LogP contribution in [0.1, 0.15) is 26.7 Å². The first-order chi connectivity index (χ1) is 6.88. The topological polar surface area (TPSA) is 98.9 Å². The Morgan fingerprint density at radius 2 is 1.80 bits per heavy atom. The van der Waals surface area contributed by atoms with Gasteiger partial charge < -0.3 is 4.84 Å². The van der Waals surface area contributed by atoms with Gasteiger partial charge in [-0.15, -0.1) is 5.06 Å². The van der Waals surface area contributed by atoms with Crippen molar-refractivity contribution in [2.75, 3.05) is 0 Å². The number of hydrogen-bond acceptors (Lipinski definition) is 6. The van der Waals surface area contributed by atoms with Gasteiger partial charge >= 0.3 is 5.97 Å². The van der Waals surface area contributed by atoms with Crippen LogP contribution in [0.25, 0.3) is 0 Å². The first kappa shape index (κ1) is 11.6. The van der Waals surface area contributed by atoms with E-state index in [0.717, 1.165) is 0 Å². The number of rotatable bonds is 3. The molecule has 0 unspecified atom stereocenters. The van der Waals surface area contributed by atoms with Crippen LogP contribution in [0, 0.1) is 0 Å². The fraction of sp³-hybridized carbons (Fsp3) is 0.625. The lowest BCUT2D eigenvalue weighted by molar-refractivity contribution is -0.212. The zero-order valence-corrected chi connectivity index (χ0v) is 8.48. The van der Waals surface area contributed by atoms with Crippen LogP contribution in [0.3, 0.4) is 0 Å². The summed E-state index contributed by atoms with van der Waals surface area (Å²) >= 11 is 0. The average molecular weight is 216 g/mol. The molecule has 0 aliphatic carbocycles. The van der Waals surface area contributed by atoms with Crippen molar-refractivity contribution < 1.29 is 24.1 Å². The summed E-state index contributed by atoms with van der Waals surface area (Å²) in [6.07, 6.45) is 0.103. The number of carbonyl (C=O) groups excluding carboxylic acids is 3. The highest BCUT2D eigenvalue weighted by molar-refractivity contribution is 6.01. The summed E-state index contributed by atoms with van der Waals surface area (Å²) in [5.41, 5.74) is -1.40. The van der Waals surface area contributed by atoms with E-state index in [2.05, 4.69) is 9.68 Å². The largest absolute Gasteiger partial charge is 0.366 e. The van der Waals surface area contributed by atoms with Gasteiger partial charge in [-0.1, -0.05) is 0 Å². The molecule has 7 nitrogen and oxygen atoms in total. The van der Waals surface area contributed by atoms with Gasteiger partial charge in [0.2, 0.25) is 0 Å². The van der Waals surface area contributed by atoms with Crippen molar-refractivity contribution in [3.05, 3.63) is 0 Å². The predicted molar refractivity (Wildman–Crippen MR) is 46.5 cm³/mol. The smallest absolute Gasteiger partial charge is 0.327 e. The van der Waals surface area contributed by atoms with Crippen molar-refractivity contribution in [2.45, 2.75) is 32.3 Å². The Morgan fingerprint density at radius 1 is 1.33 bits per heavy atom. The Hall–Kier alpha value is -1.47. The standard InChI is InChI=1S/C8H12N2O5/c1-8(2,15-9)7(13)14-10-5(11)3-4-6(10)12/h3-4,9H2,1-2H3. The van der Waals surface area contributed by atoms with Crippen molar-refractivity contribution >= 4 is 17.8 Å². The zero-order chi connectivity index (χ0) is 11.6. The van der Waals surface area contributed by atoms with Crippen LogP contribution >= 0.6 is 0 Å². The number of amides is 2. The highest BCUT2D eigenvalue weighted by Crippen LogP contribution is 2.16. The quantitative estimate of drug-likeness (QED) is 0.493. The molecule has 1 fully saturated rings. The van der Waals surface area contributed by atoms with Crippen molar-refractivity contribution in [3.8, 4) is 0 Å². The van der Waals surface area contributed by atoms with Gasteiger partial charge in [0.1, 0.15) is 0 Å². The number of carbonyl (C=O) groups is 3. The van der Waals surface area contributed by atoms with E-state index in [1.54, 1.807) is 0 Å². The molecule has 0 aromatic rings. The number of hydroxylamine groups is 2. The van der Waals surface area contributed by atoms with E-state index in [1.807, 2.05) is 0 Å². The van der Waals surface area contributed by atoms with Crippen molar-refractivity contribution in [1.29, 1.82) is 0 Å². The van der Waals surface area contributed by atoms with Crippen LogP contribution < -0.4 is 5.90 Å². The van der Waals surface area contributed by atoms with Crippen LogP contribution in [0.5, 0.6) is 0 Å². The molecule has 1 aliphatic heterocycles. The summed E-state index contributed by atoms with van der Waals surface area (Å²) in [6, 6.07) is 0. The Bertz CT molecular complexity index is 296. The highest BCUT2D eigenvalue weighted by Gasteiger charge is 2.38. The normalized spacial score (nSPS) is 17.1. The Kier molecular flexibility index (Phi) is 3.06. The predicted octanol–water partition coefficient (Wildman–Crippen LogP) is -0.738.